The van der Waals surface area contributed by atoms with Gasteiger partial charge in [0.25, 0.3) is 5.88 Å². The molecular weight excluding hydrogens is 243 g/mol. The number of rotatable bonds is 3. The molecule has 1 heterocycles. The summed E-state index contributed by atoms with van der Waals surface area (Å²) in [5.41, 5.74) is 4.55. The van der Waals surface area contributed by atoms with Crippen molar-refractivity contribution in [2.75, 3.05) is 5.73 Å². The molecule has 0 bridgehead atoms. The van der Waals surface area contributed by atoms with E-state index in [-0.39, 0.29) is 5.82 Å². The number of hydrogen-bond acceptors (Lipinski definition) is 5. The first-order chi connectivity index (χ1) is 7.71. The second kappa shape index (κ2) is 4.44. The normalized spacial score (nSPS) is 13.2. The van der Waals surface area contributed by atoms with Gasteiger partial charge in [-0.2, -0.15) is 18.2 Å². The molecule has 0 saturated carbocycles. The number of nitrogens with zero attached hydrogens (tertiary/aromatic N) is 2. The molecule has 0 aliphatic rings. The van der Waals surface area contributed by atoms with E-state index in [1.165, 1.54) is 0 Å². The maximum Gasteiger partial charge on any atom is 0.425 e. The van der Waals surface area contributed by atoms with E-state index in [1.54, 1.807) is 0 Å². The molecular formula is C8H8F3N3O3. The molecule has 0 amide bonds. The minimum atomic E-state index is -4.64. The molecule has 0 saturated heterocycles. The molecule has 6 nitrogen and oxygen atoms in total. The van der Waals surface area contributed by atoms with E-state index in [9.17, 15) is 23.3 Å². The molecule has 0 aliphatic heterocycles. The fourth-order valence-electron chi connectivity index (χ4n) is 0.907. The topological polar surface area (TPSA) is 91.3 Å². The minimum absolute atomic E-state index is 0.167. The Labute approximate surface area is 93.3 Å². The summed E-state index contributed by atoms with van der Waals surface area (Å²) in [6.07, 6.45) is -6.85. The number of nitrogen functional groups attached to an aromatic ring is 1. The Morgan fingerprint density at radius 3 is 2.59 bits per heavy atom. The summed E-state index contributed by atoms with van der Waals surface area (Å²) < 4.78 is 41.0. The number of alkyl halides is 3. The van der Waals surface area contributed by atoms with Crippen molar-refractivity contribution in [1.29, 1.82) is 0 Å². The Balaban J connectivity index is 3.04. The van der Waals surface area contributed by atoms with Crippen LogP contribution in [-0.2, 0) is 0 Å². The fraction of sp³-hybridized carbons (Fsp3) is 0.375. The first kappa shape index (κ1) is 13.0. The van der Waals surface area contributed by atoms with Crippen LogP contribution in [0.2, 0.25) is 0 Å². The van der Waals surface area contributed by atoms with Crippen molar-refractivity contribution in [1.82, 2.24) is 4.98 Å². The summed E-state index contributed by atoms with van der Waals surface area (Å²) in [5.74, 6) is -0.917. The number of aromatic nitrogens is 1. The van der Waals surface area contributed by atoms with Gasteiger partial charge in [-0.3, -0.25) is 10.1 Å². The van der Waals surface area contributed by atoms with Gasteiger partial charge in [-0.1, -0.05) is 0 Å². The van der Waals surface area contributed by atoms with Crippen LogP contribution in [0.25, 0.3) is 0 Å². The van der Waals surface area contributed by atoms with Gasteiger partial charge >= 0.3 is 11.9 Å². The van der Waals surface area contributed by atoms with Crippen molar-refractivity contribution >= 4 is 11.5 Å². The van der Waals surface area contributed by atoms with Crippen molar-refractivity contribution in [3.05, 3.63) is 22.2 Å². The summed E-state index contributed by atoms with van der Waals surface area (Å²) in [6.45, 7) is 0.717. The van der Waals surface area contributed by atoms with Crippen LogP contribution >= 0.6 is 0 Å². The Bertz CT molecular complexity index is 436. The van der Waals surface area contributed by atoms with Crippen LogP contribution in [0.15, 0.2) is 12.1 Å². The number of nitro groups is 1. The molecule has 1 rings (SSSR count). The molecule has 0 fully saturated rings. The van der Waals surface area contributed by atoms with Crippen LogP contribution < -0.4 is 10.5 Å². The lowest BCUT2D eigenvalue weighted by Gasteiger charge is -2.16. The Hall–Kier alpha value is -2.06. The maximum absolute atomic E-state index is 12.2. The molecule has 0 aliphatic carbocycles. The van der Waals surface area contributed by atoms with Gasteiger partial charge in [-0.25, -0.2) is 0 Å². The second-order valence-corrected chi connectivity index (χ2v) is 3.12. The number of hydrogen-bond donors (Lipinski definition) is 1. The number of anilines is 1. The number of halogens is 3. The van der Waals surface area contributed by atoms with Gasteiger partial charge in [0.05, 0.1) is 4.92 Å². The van der Waals surface area contributed by atoms with E-state index in [1.807, 2.05) is 0 Å². The van der Waals surface area contributed by atoms with Gasteiger partial charge < -0.3 is 10.5 Å². The number of nitrogens with two attached hydrogens (primary N) is 1. The Kier molecular flexibility index (Phi) is 3.39. The van der Waals surface area contributed by atoms with E-state index >= 15 is 0 Å². The largest absolute Gasteiger partial charge is 0.460 e. The standard InChI is InChI=1S/C8H8F3N3O3/c1-4(8(9,10)11)17-7-5(14(15)16)2-3-6(12)13-7/h2-4H,1H3,(H2,12,13). The monoisotopic (exact) mass is 251 g/mol. The van der Waals surface area contributed by atoms with E-state index in [2.05, 4.69) is 9.72 Å². The Morgan fingerprint density at radius 2 is 2.12 bits per heavy atom. The summed E-state index contributed by atoms with van der Waals surface area (Å²) >= 11 is 0. The van der Waals surface area contributed by atoms with Gasteiger partial charge in [0, 0.05) is 6.07 Å². The molecule has 0 radical (unpaired) electrons. The zero-order valence-corrected chi connectivity index (χ0v) is 8.56. The maximum atomic E-state index is 12.2. The van der Waals surface area contributed by atoms with Crippen molar-refractivity contribution in [2.45, 2.75) is 19.2 Å². The van der Waals surface area contributed by atoms with Gasteiger partial charge in [-0.15, -0.1) is 0 Å². The molecule has 2 N–H and O–H groups in total. The van der Waals surface area contributed by atoms with Gasteiger partial charge in [0.15, 0.2) is 6.10 Å². The predicted molar refractivity (Wildman–Crippen MR) is 51.4 cm³/mol. The average Bonchev–Trinajstić information content (AvgIpc) is 2.15. The third-order valence-corrected chi connectivity index (χ3v) is 1.81. The SMILES string of the molecule is CC(Oc1nc(N)ccc1[N+](=O)[O-])C(F)(F)F. The van der Waals surface area contributed by atoms with Crippen LogP contribution in [-0.4, -0.2) is 22.2 Å². The third kappa shape index (κ3) is 3.20. The zero-order chi connectivity index (χ0) is 13.2. The predicted octanol–water partition coefficient (Wildman–Crippen LogP) is 1.90. The molecule has 17 heavy (non-hydrogen) atoms. The second-order valence-electron chi connectivity index (χ2n) is 3.12. The highest BCUT2D eigenvalue weighted by Gasteiger charge is 2.39. The third-order valence-electron chi connectivity index (χ3n) is 1.81. The minimum Gasteiger partial charge on any atom is -0.460 e. The van der Waals surface area contributed by atoms with Crippen molar-refractivity contribution in [3.8, 4) is 5.88 Å². The van der Waals surface area contributed by atoms with Crippen LogP contribution in [0.3, 0.4) is 0 Å². The van der Waals surface area contributed by atoms with Crippen molar-refractivity contribution < 1.29 is 22.8 Å². The zero-order valence-electron chi connectivity index (χ0n) is 8.56. The lowest BCUT2D eigenvalue weighted by Crippen LogP contribution is -2.31. The molecule has 0 aromatic carbocycles. The van der Waals surface area contributed by atoms with E-state index in [0.717, 1.165) is 12.1 Å². The summed E-state index contributed by atoms with van der Waals surface area (Å²) in [4.78, 5) is 13.0. The Morgan fingerprint density at radius 1 is 1.53 bits per heavy atom. The van der Waals surface area contributed by atoms with Gasteiger partial charge in [0.2, 0.25) is 0 Å². The van der Waals surface area contributed by atoms with E-state index < -0.39 is 28.8 Å². The molecule has 0 spiro atoms. The molecule has 1 atom stereocenters. The average molecular weight is 251 g/mol. The van der Waals surface area contributed by atoms with Gasteiger partial charge in [-0.05, 0) is 13.0 Å². The quantitative estimate of drug-likeness (QED) is 0.654. The number of pyridine rings is 1. The summed E-state index contributed by atoms with van der Waals surface area (Å²) in [6, 6.07) is 2.03. The first-order valence-electron chi connectivity index (χ1n) is 4.36. The fourth-order valence-corrected chi connectivity index (χ4v) is 0.907. The van der Waals surface area contributed by atoms with Gasteiger partial charge in [0.1, 0.15) is 5.82 Å². The summed E-state index contributed by atoms with van der Waals surface area (Å²) in [7, 11) is 0. The molecule has 9 heteroatoms. The van der Waals surface area contributed by atoms with E-state index in [0.29, 0.717) is 6.92 Å². The number of ether oxygens (including phenoxy) is 1. The van der Waals surface area contributed by atoms with Crippen LogP contribution in [0, 0.1) is 10.1 Å². The molecule has 94 valence electrons. The van der Waals surface area contributed by atoms with E-state index in [4.69, 9.17) is 5.73 Å². The highest BCUT2D eigenvalue weighted by molar-refractivity contribution is 5.47. The lowest BCUT2D eigenvalue weighted by atomic mass is 10.3. The van der Waals surface area contributed by atoms with Crippen LogP contribution in [0.4, 0.5) is 24.7 Å². The molecule has 1 aromatic rings. The van der Waals surface area contributed by atoms with Crippen LogP contribution in [0.1, 0.15) is 6.92 Å². The van der Waals surface area contributed by atoms with Crippen LogP contribution in [0.5, 0.6) is 5.88 Å². The highest BCUT2D eigenvalue weighted by atomic mass is 19.4. The molecule has 1 aromatic heterocycles. The smallest absolute Gasteiger partial charge is 0.425 e. The molecule has 1 unspecified atom stereocenters. The highest BCUT2D eigenvalue weighted by Crippen LogP contribution is 2.30. The first-order valence-corrected chi connectivity index (χ1v) is 4.36. The summed E-state index contributed by atoms with van der Waals surface area (Å²) in [5, 5.41) is 10.5. The lowest BCUT2D eigenvalue weighted by molar-refractivity contribution is -0.386. The van der Waals surface area contributed by atoms with Crippen molar-refractivity contribution in [3.63, 3.8) is 0 Å². The van der Waals surface area contributed by atoms with Crippen molar-refractivity contribution in [2.24, 2.45) is 0 Å².